The fraction of sp³-hybridized carbons (Fsp3) is 0.636. The molecule has 17 heavy (non-hydrogen) atoms. The first-order chi connectivity index (χ1) is 8.20. The van der Waals surface area contributed by atoms with Crippen molar-refractivity contribution in [1.82, 2.24) is 21.2 Å². The molecule has 3 N–H and O–H groups in total. The lowest BCUT2D eigenvalue weighted by atomic mass is 9.93. The zero-order valence-corrected chi connectivity index (χ0v) is 9.82. The second-order valence-corrected chi connectivity index (χ2v) is 4.34. The van der Waals surface area contributed by atoms with Crippen LogP contribution in [0.4, 0.5) is 5.69 Å². The molecule has 2 rings (SSSR count). The third-order valence-electron chi connectivity index (χ3n) is 3.21. The van der Waals surface area contributed by atoms with Gasteiger partial charge in [-0.25, -0.2) is 0 Å². The van der Waals surface area contributed by atoms with E-state index >= 15 is 0 Å². The number of nitrogens with one attached hydrogen (secondary N) is 3. The molecule has 0 unspecified atom stereocenters. The van der Waals surface area contributed by atoms with Crippen LogP contribution in [-0.2, 0) is 4.74 Å². The lowest BCUT2D eigenvalue weighted by Gasteiger charge is -2.28. The predicted molar refractivity (Wildman–Crippen MR) is 61.9 cm³/mol. The average molecular weight is 237 g/mol. The average Bonchev–Trinajstić information content (AvgIpc) is 2.76. The maximum atomic E-state index is 11.8. The molecule has 6 nitrogen and oxygen atoms in total. The maximum absolute atomic E-state index is 11.8. The van der Waals surface area contributed by atoms with E-state index in [2.05, 4.69) is 15.5 Å². The number of carbonyl (C=O) groups is 1. The highest BCUT2D eigenvalue weighted by Gasteiger charge is 2.23. The van der Waals surface area contributed by atoms with Crippen LogP contribution in [0.1, 0.15) is 36.2 Å². The Balaban J connectivity index is 1.86. The van der Waals surface area contributed by atoms with Gasteiger partial charge in [0.1, 0.15) is 11.4 Å². The van der Waals surface area contributed by atoms with Crippen LogP contribution in [0.2, 0.25) is 0 Å². The Morgan fingerprint density at radius 1 is 1.53 bits per heavy atom. The number of methoxy groups -OCH3 is 1. The molecule has 0 aliphatic heterocycles. The van der Waals surface area contributed by atoms with Crippen LogP contribution in [0, 0.1) is 0 Å². The molecule has 1 radical (unpaired) electrons. The number of amides is 1. The molecule has 6 heteroatoms. The molecule has 1 heterocycles. The summed E-state index contributed by atoms with van der Waals surface area (Å²) in [6, 6.07) is 0.177. The Morgan fingerprint density at radius 2 is 2.24 bits per heavy atom. The zero-order chi connectivity index (χ0) is 12.3. The van der Waals surface area contributed by atoms with Gasteiger partial charge in [-0.05, 0) is 25.7 Å². The van der Waals surface area contributed by atoms with Crippen LogP contribution in [0.3, 0.4) is 0 Å². The quantitative estimate of drug-likeness (QED) is 0.822. The third-order valence-corrected chi connectivity index (χ3v) is 3.21. The predicted octanol–water partition coefficient (Wildman–Crippen LogP) is 1.01. The first kappa shape index (κ1) is 11.9. The summed E-state index contributed by atoms with van der Waals surface area (Å²) < 4.78 is 5.28. The van der Waals surface area contributed by atoms with E-state index in [1.807, 2.05) is 0 Å². The minimum absolute atomic E-state index is 0.132. The fourth-order valence-corrected chi connectivity index (χ4v) is 2.16. The van der Waals surface area contributed by atoms with E-state index in [0.717, 1.165) is 25.7 Å². The Morgan fingerprint density at radius 3 is 2.76 bits per heavy atom. The van der Waals surface area contributed by atoms with Gasteiger partial charge in [0.05, 0.1) is 12.3 Å². The zero-order valence-electron chi connectivity index (χ0n) is 9.82. The number of aromatic nitrogens is 2. The number of hydrogen-bond donors (Lipinski definition) is 2. The van der Waals surface area contributed by atoms with Crippen molar-refractivity contribution >= 4 is 11.6 Å². The summed E-state index contributed by atoms with van der Waals surface area (Å²) in [6.07, 6.45) is 5.44. The van der Waals surface area contributed by atoms with Crippen molar-refractivity contribution in [3.63, 3.8) is 0 Å². The van der Waals surface area contributed by atoms with Crippen molar-refractivity contribution in [2.24, 2.45) is 0 Å². The molecule has 1 aliphatic carbocycles. The van der Waals surface area contributed by atoms with E-state index in [-0.39, 0.29) is 23.3 Å². The van der Waals surface area contributed by atoms with Gasteiger partial charge in [0, 0.05) is 13.2 Å². The number of nitrogens with zero attached hydrogens (tertiary/aromatic N) is 1. The summed E-state index contributed by atoms with van der Waals surface area (Å²) in [5, 5.41) is 9.13. The van der Waals surface area contributed by atoms with Gasteiger partial charge in [0.15, 0.2) is 0 Å². The molecule has 0 atom stereocenters. The number of aromatic amines is 1. The maximum Gasteiger partial charge on any atom is 0.271 e. The molecular formula is C11H17N4O2. The lowest BCUT2D eigenvalue weighted by molar-refractivity contribution is 0.0598. The smallest absolute Gasteiger partial charge is 0.271 e. The van der Waals surface area contributed by atoms with Crippen molar-refractivity contribution < 1.29 is 9.53 Å². The van der Waals surface area contributed by atoms with Crippen molar-refractivity contribution in [2.75, 3.05) is 7.11 Å². The van der Waals surface area contributed by atoms with E-state index in [1.165, 1.54) is 6.20 Å². The summed E-state index contributed by atoms with van der Waals surface area (Å²) in [5.41, 5.74) is 7.85. The Labute approximate surface area is 99.9 Å². The van der Waals surface area contributed by atoms with Crippen molar-refractivity contribution in [1.29, 1.82) is 0 Å². The van der Waals surface area contributed by atoms with E-state index in [9.17, 15) is 4.79 Å². The molecular weight excluding hydrogens is 220 g/mol. The molecule has 0 aromatic carbocycles. The SMILES string of the molecule is COC1CCC(NC(=O)c2[nH]ncc2[NH])CC1. The standard InChI is InChI=1S/C11H17N4O2/c1-17-8-4-2-7(3-5-8)14-11(16)10-9(12)6-13-15-10/h6-8,12H,2-5H2,1H3,(H,13,15)(H,14,16). The third kappa shape index (κ3) is 2.76. The van der Waals surface area contributed by atoms with Crippen LogP contribution in [-0.4, -0.2) is 35.4 Å². The highest BCUT2D eigenvalue weighted by atomic mass is 16.5. The van der Waals surface area contributed by atoms with Gasteiger partial charge >= 0.3 is 0 Å². The van der Waals surface area contributed by atoms with E-state index in [0.29, 0.717) is 6.10 Å². The number of hydrogen-bond acceptors (Lipinski definition) is 3. The van der Waals surface area contributed by atoms with Crippen molar-refractivity contribution in [3.8, 4) is 0 Å². The van der Waals surface area contributed by atoms with Gasteiger partial charge in [-0.1, -0.05) is 0 Å². The number of carbonyl (C=O) groups excluding carboxylic acids is 1. The summed E-state index contributed by atoms with van der Waals surface area (Å²) in [7, 11) is 1.72. The van der Waals surface area contributed by atoms with Gasteiger partial charge in [0.2, 0.25) is 0 Å². The van der Waals surface area contributed by atoms with E-state index < -0.39 is 0 Å². The van der Waals surface area contributed by atoms with Gasteiger partial charge in [0.25, 0.3) is 5.91 Å². The molecule has 1 amide bonds. The minimum Gasteiger partial charge on any atom is -0.381 e. The van der Waals surface area contributed by atoms with Crippen LogP contribution in [0.25, 0.3) is 0 Å². The second-order valence-electron chi connectivity index (χ2n) is 4.34. The van der Waals surface area contributed by atoms with E-state index in [1.54, 1.807) is 7.11 Å². The highest BCUT2D eigenvalue weighted by Crippen LogP contribution is 2.21. The minimum atomic E-state index is -0.242. The van der Waals surface area contributed by atoms with Crippen molar-refractivity contribution in [3.05, 3.63) is 11.9 Å². The molecule has 1 aromatic rings. The molecule has 93 valence electrons. The van der Waals surface area contributed by atoms with Crippen molar-refractivity contribution in [2.45, 2.75) is 37.8 Å². The Kier molecular flexibility index (Phi) is 3.63. The monoisotopic (exact) mass is 237 g/mol. The summed E-state index contributed by atoms with van der Waals surface area (Å²) in [6.45, 7) is 0. The van der Waals surface area contributed by atoms with Crippen LogP contribution < -0.4 is 11.1 Å². The molecule has 1 aromatic heterocycles. The lowest BCUT2D eigenvalue weighted by Crippen LogP contribution is -2.39. The molecule has 1 aliphatic rings. The Bertz CT molecular complexity index is 383. The number of rotatable bonds is 3. The first-order valence-corrected chi connectivity index (χ1v) is 5.79. The van der Waals surface area contributed by atoms with Gasteiger partial charge in [-0.15, -0.1) is 0 Å². The normalized spacial score (nSPS) is 24.5. The molecule has 1 fully saturated rings. The van der Waals surface area contributed by atoms with Crippen LogP contribution in [0.5, 0.6) is 0 Å². The second kappa shape index (κ2) is 5.18. The number of ether oxygens (including phenoxy) is 1. The summed E-state index contributed by atoms with van der Waals surface area (Å²) in [5.74, 6) is -0.242. The first-order valence-electron chi connectivity index (χ1n) is 5.79. The molecule has 0 saturated heterocycles. The van der Waals surface area contributed by atoms with Gasteiger partial charge < -0.3 is 10.1 Å². The molecule has 0 spiro atoms. The molecule has 1 saturated carbocycles. The van der Waals surface area contributed by atoms with Gasteiger partial charge in [-0.2, -0.15) is 5.10 Å². The fourth-order valence-electron chi connectivity index (χ4n) is 2.16. The Hall–Kier alpha value is -1.56. The number of H-pyrrole nitrogens is 1. The van der Waals surface area contributed by atoms with Crippen LogP contribution >= 0.6 is 0 Å². The highest BCUT2D eigenvalue weighted by molar-refractivity contribution is 5.96. The van der Waals surface area contributed by atoms with Crippen LogP contribution in [0.15, 0.2) is 6.20 Å². The summed E-state index contributed by atoms with van der Waals surface area (Å²) in [4.78, 5) is 11.8. The molecule has 0 bridgehead atoms. The van der Waals surface area contributed by atoms with E-state index in [4.69, 9.17) is 10.5 Å². The summed E-state index contributed by atoms with van der Waals surface area (Å²) >= 11 is 0. The largest absolute Gasteiger partial charge is 0.381 e. The topological polar surface area (TPSA) is 90.8 Å². The van der Waals surface area contributed by atoms with Gasteiger partial charge in [-0.3, -0.25) is 15.6 Å².